The molecule has 7 rings (SSSR count). The van der Waals surface area contributed by atoms with E-state index in [9.17, 15) is 14.3 Å². The van der Waals surface area contributed by atoms with Gasteiger partial charge in [-0.2, -0.15) is 0 Å². The summed E-state index contributed by atoms with van der Waals surface area (Å²) in [6.45, 7) is 11.7. The molecule has 2 aromatic heterocycles. The number of nitrogens with zero attached hydrogens (tertiary/aromatic N) is 3. The van der Waals surface area contributed by atoms with Gasteiger partial charge in [0.25, 0.3) is 0 Å². The Morgan fingerprint density at radius 1 is 1.07 bits per heavy atom. The first kappa shape index (κ1) is 32.0. The summed E-state index contributed by atoms with van der Waals surface area (Å²) in [7, 11) is 0. The number of ether oxygens (including phenoxy) is 2. The maximum atomic E-state index is 14.6. The van der Waals surface area contributed by atoms with Crippen molar-refractivity contribution in [2.24, 2.45) is 0 Å². The number of imidazole rings is 1. The van der Waals surface area contributed by atoms with Crippen LogP contribution in [0.1, 0.15) is 69.6 Å². The van der Waals surface area contributed by atoms with E-state index < -0.39 is 5.97 Å². The van der Waals surface area contributed by atoms with Crippen LogP contribution in [-0.2, 0) is 22.5 Å². The van der Waals surface area contributed by atoms with E-state index in [1.807, 2.05) is 37.4 Å². The summed E-state index contributed by atoms with van der Waals surface area (Å²) in [5.74, 6) is 0.350. The van der Waals surface area contributed by atoms with Crippen LogP contribution >= 0.6 is 0 Å². The molecule has 2 aromatic carbocycles. The molecule has 6 bridgehead atoms. The molecule has 1 saturated heterocycles. The van der Waals surface area contributed by atoms with Gasteiger partial charge in [0.2, 0.25) is 0 Å². The Balaban J connectivity index is 1.55. The Bertz CT molecular complexity index is 1720. The lowest BCUT2D eigenvalue weighted by Gasteiger charge is -2.41. The zero-order valence-electron chi connectivity index (χ0n) is 27.4. The minimum absolute atomic E-state index is 0.0819. The second-order valence-corrected chi connectivity index (χ2v) is 13.2. The molecular formula is C37H45FN4O4. The van der Waals surface area contributed by atoms with Crippen molar-refractivity contribution < 1.29 is 23.8 Å². The van der Waals surface area contributed by atoms with Gasteiger partial charge in [0.05, 0.1) is 24.3 Å². The van der Waals surface area contributed by atoms with Crippen LogP contribution in [0.15, 0.2) is 48.7 Å². The minimum Gasteiger partial charge on any atom is -0.493 e. The fraction of sp³-hybridized carbons (Fsp3) is 0.459. The lowest BCUT2D eigenvalue weighted by molar-refractivity contribution is -0.136. The smallest absolute Gasteiger partial charge is 0.307 e. The van der Waals surface area contributed by atoms with Crippen LogP contribution in [0.25, 0.3) is 28.0 Å². The summed E-state index contributed by atoms with van der Waals surface area (Å²) in [6, 6.07) is 12.9. The van der Waals surface area contributed by atoms with Crippen molar-refractivity contribution in [3.8, 4) is 28.1 Å². The summed E-state index contributed by atoms with van der Waals surface area (Å²) in [4.78, 5) is 19.8. The van der Waals surface area contributed by atoms with E-state index in [0.29, 0.717) is 31.1 Å². The van der Waals surface area contributed by atoms with Crippen molar-refractivity contribution in [2.45, 2.75) is 84.4 Å². The third-order valence-corrected chi connectivity index (χ3v) is 9.42. The summed E-state index contributed by atoms with van der Waals surface area (Å²) < 4.78 is 29.3. The lowest BCUT2D eigenvalue weighted by atomic mass is 9.92. The second-order valence-electron chi connectivity index (χ2n) is 13.2. The van der Waals surface area contributed by atoms with Gasteiger partial charge in [-0.1, -0.05) is 32.0 Å². The summed E-state index contributed by atoms with van der Waals surface area (Å²) >= 11 is 0. The minimum atomic E-state index is -0.862. The Morgan fingerprint density at radius 2 is 1.83 bits per heavy atom. The number of benzene rings is 2. The number of rotatable bonds is 5. The van der Waals surface area contributed by atoms with Crippen LogP contribution in [0.4, 0.5) is 10.2 Å². The number of carboxylic acids is 1. The van der Waals surface area contributed by atoms with Crippen molar-refractivity contribution in [2.75, 3.05) is 31.2 Å². The van der Waals surface area contributed by atoms with E-state index in [-0.39, 0.29) is 23.9 Å². The van der Waals surface area contributed by atoms with Crippen LogP contribution in [0.3, 0.4) is 0 Å². The van der Waals surface area contributed by atoms with Crippen molar-refractivity contribution >= 4 is 17.4 Å². The lowest BCUT2D eigenvalue weighted by Crippen LogP contribution is -2.45. The normalized spacial score (nSPS) is 16.9. The highest BCUT2D eigenvalue weighted by Crippen LogP contribution is 2.38. The fourth-order valence-electron chi connectivity index (χ4n) is 6.70. The number of aromatic nitrogens is 2. The molecule has 9 heteroatoms. The maximum absolute atomic E-state index is 14.6. The summed E-state index contributed by atoms with van der Waals surface area (Å²) in [6.07, 6.45) is 6.43. The van der Waals surface area contributed by atoms with Crippen LogP contribution in [0.5, 0.6) is 5.75 Å². The van der Waals surface area contributed by atoms with Crippen LogP contribution in [0, 0.1) is 12.7 Å². The van der Waals surface area contributed by atoms with Gasteiger partial charge >= 0.3 is 5.97 Å². The molecule has 0 atom stereocenters. The molecule has 0 unspecified atom stereocenters. The van der Waals surface area contributed by atoms with E-state index in [1.54, 1.807) is 6.07 Å². The number of pyridine rings is 1. The third-order valence-electron chi connectivity index (χ3n) is 9.42. The molecule has 0 radical (unpaired) electrons. The number of fused-ring (bicyclic) bond motifs is 8. The molecule has 5 heterocycles. The third kappa shape index (κ3) is 6.76. The quantitative estimate of drug-likeness (QED) is 0.242. The van der Waals surface area contributed by atoms with Gasteiger partial charge in [-0.3, -0.25) is 9.20 Å². The molecule has 0 spiro atoms. The first-order valence-corrected chi connectivity index (χ1v) is 16.5. The number of carbonyl (C=O) groups is 1. The van der Waals surface area contributed by atoms with Gasteiger partial charge in [0.1, 0.15) is 23.0 Å². The Hall–Kier alpha value is -3.95. The highest BCUT2D eigenvalue weighted by molar-refractivity contribution is 5.79. The maximum Gasteiger partial charge on any atom is 0.307 e. The number of anilines is 1. The van der Waals surface area contributed by atoms with Gasteiger partial charge in [-0.05, 0) is 81.3 Å². The van der Waals surface area contributed by atoms with Crippen LogP contribution in [0.2, 0.25) is 0 Å². The Labute approximate surface area is 270 Å². The topological polar surface area (TPSA) is 88.3 Å². The van der Waals surface area contributed by atoms with Crippen LogP contribution < -0.4 is 15.0 Å². The van der Waals surface area contributed by atoms with Gasteiger partial charge in [-0.25, -0.2) is 9.37 Å². The molecule has 0 saturated carbocycles. The highest BCUT2D eigenvalue weighted by Gasteiger charge is 2.34. The molecule has 4 aromatic rings. The van der Waals surface area contributed by atoms with Crippen molar-refractivity contribution in [1.82, 2.24) is 14.7 Å². The van der Waals surface area contributed by atoms with E-state index in [4.69, 9.17) is 14.5 Å². The zero-order chi connectivity index (χ0) is 32.4. The number of hydrogen-bond donors (Lipinski definition) is 2. The molecule has 0 aliphatic carbocycles. The molecule has 244 valence electrons. The molecule has 3 aliphatic heterocycles. The number of nitrogens with one attached hydrogen (secondary N) is 1. The number of aliphatic carboxylic acids is 1. The Kier molecular flexibility index (Phi) is 9.34. The predicted molar refractivity (Wildman–Crippen MR) is 179 cm³/mol. The van der Waals surface area contributed by atoms with E-state index in [2.05, 4.69) is 35.4 Å². The van der Waals surface area contributed by atoms with E-state index >= 15 is 0 Å². The van der Waals surface area contributed by atoms with Crippen molar-refractivity contribution in [3.63, 3.8) is 0 Å². The fourth-order valence-corrected chi connectivity index (χ4v) is 6.70. The Morgan fingerprint density at radius 3 is 2.59 bits per heavy atom. The number of carboxylic acid groups (broad SMARTS) is 1. The van der Waals surface area contributed by atoms with Gasteiger partial charge < -0.3 is 24.8 Å². The van der Waals surface area contributed by atoms with E-state index in [0.717, 1.165) is 90.2 Å². The summed E-state index contributed by atoms with van der Waals surface area (Å²) in [5, 5.41) is 13.6. The first-order chi connectivity index (χ1) is 22.1. The average molecular weight is 629 g/mol. The molecule has 0 amide bonds. The van der Waals surface area contributed by atoms with Crippen molar-refractivity contribution in [1.29, 1.82) is 0 Å². The van der Waals surface area contributed by atoms with E-state index in [1.165, 1.54) is 12.1 Å². The largest absolute Gasteiger partial charge is 0.493 e. The van der Waals surface area contributed by atoms with Crippen molar-refractivity contribution in [3.05, 3.63) is 71.2 Å². The highest BCUT2D eigenvalue weighted by atomic mass is 19.1. The SMILES string of the molecule is Cc1c(CC(=O)O)c2n3cc(nc3c1CNC(C)C)-c1cccc(c1)-c1cc(F)ccc1OCCCCCOC1(C)CCN2CC1. The summed E-state index contributed by atoms with van der Waals surface area (Å²) in [5.41, 5.74) is 6.50. The number of halogens is 1. The second kappa shape index (κ2) is 13.4. The van der Waals surface area contributed by atoms with Gasteiger partial charge in [0.15, 0.2) is 0 Å². The van der Waals surface area contributed by atoms with Gasteiger partial charge in [0, 0.05) is 60.7 Å². The molecule has 8 nitrogen and oxygen atoms in total. The number of piperidine rings is 1. The molecule has 3 aliphatic rings. The van der Waals surface area contributed by atoms with Crippen LogP contribution in [-0.4, -0.2) is 58.4 Å². The molecular weight excluding hydrogens is 583 g/mol. The predicted octanol–water partition coefficient (Wildman–Crippen LogP) is 7.18. The molecule has 2 N–H and O–H groups in total. The monoisotopic (exact) mass is 628 g/mol. The first-order valence-electron chi connectivity index (χ1n) is 16.5. The number of hydrogen-bond acceptors (Lipinski definition) is 6. The average Bonchev–Trinajstić information content (AvgIpc) is 3.46. The molecule has 46 heavy (non-hydrogen) atoms. The molecule has 1 fully saturated rings. The van der Waals surface area contributed by atoms with Gasteiger partial charge in [-0.15, -0.1) is 0 Å². The standard InChI is InChI=1S/C37H45FN4O4/c1-24(2)39-22-31-25(3)29(21-34(43)44)36-41-15-13-37(4,14-16-41)46-18-7-5-6-17-45-33-12-11-28(38)20-30(33)26-9-8-10-27(19-26)32-23-42(36)35(31)40-32/h8-12,19-20,23-24,39H,5-7,13-18,21-22H2,1-4H3,(H,43,44). The zero-order valence-corrected chi connectivity index (χ0v) is 27.4.